The second kappa shape index (κ2) is 11.8. The number of hydrogen-bond acceptors (Lipinski definition) is 7. The van der Waals surface area contributed by atoms with Gasteiger partial charge in [0.15, 0.2) is 0 Å². The molecule has 2 aromatic heterocycles. The summed E-state index contributed by atoms with van der Waals surface area (Å²) in [5.41, 5.74) is 3.10. The predicted molar refractivity (Wildman–Crippen MR) is 145 cm³/mol. The first-order chi connectivity index (χ1) is 19.8. The molecule has 0 saturated heterocycles. The molecule has 4 amide bonds. The zero-order chi connectivity index (χ0) is 29.1. The number of carbonyl (C=O) groups is 4. The average molecular weight is 563 g/mol. The van der Waals surface area contributed by atoms with Crippen molar-refractivity contribution < 1.29 is 23.6 Å². The topological polar surface area (TPSA) is 162 Å². The van der Waals surface area contributed by atoms with Gasteiger partial charge < -0.3 is 16.0 Å². The molecule has 4 heterocycles. The van der Waals surface area contributed by atoms with Gasteiger partial charge in [-0.1, -0.05) is 38.5 Å². The van der Waals surface area contributed by atoms with Crippen molar-refractivity contribution in [3.8, 4) is 0 Å². The van der Waals surface area contributed by atoms with Crippen LogP contribution in [0.2, 0.25) is 0 Å². The Morgan fingerprint density at radius 1 is 1.22 bits per heavy atom. The maximum absolute atomic E-state index is 14.0. The number of rotatable bonds is 9. The van der Waals surface area contributed by atoms with Crippen molar-refractivity contribution in [2.24, 2.45) is 5.92 Å². The van der Waals surface area contributed by atoms with Gasteiger partial charge >= 0.3 is 0 Å². The first-order valence-corrected chi connectivity index (χ1v) is 13.6. The zero-order valence-corrected chi connectivity index (χ0v) is 22.7. The van der Waals surface area contributed by atoms with E-state index in [1.165, 1.54) is 23.4 Å². The molecule has 1 aromatic carbocycles. The van der Waals surface area contributed by atoms with Gasteiger partial charge in [-0.05, 0) is 36.0 Å². The Balaban J connectivity index is 1.35. The quantitative estimate of drug-likeness (QED) is 0.285. The largest absolute Gasteiger partial charge is 0.348 e. The molecule has 0 spiro atoms. The van der Waals surface area contributed by atoms with Gasteiger partial charge in [-0.3, -0.25) is 24.1 Å². The lowest BCUT2D eigenvalue weighted by molar-refractivity contribution is -0.130. The summed E-state index contributed by atoms with van der Waals surface area (Å²) in [5.74, 6) is -2.98. The number of carbonyl (C=O) groups excluding carboxylic acids is 4. The number of hydrogen-bond donors (Lipinski definition) is 4. The van der Waals surface area contributed by atoms with E-state index < -0.39 is 41.8 Å². The van der Waals surface area contributed by atoms with Gasteiger partial charge in [0.2, 0.25) is 23.7 Å². The summed E-state index contributed by atoms with van der Waals surface area (Å²) in [7, 11) is 0. The number of H-pyrrole nitrogens is 1. The van der Waals surface area contributed by atoms with Crippen LogP contribution in [0.5, 0.6) is 0 Å². The highest BCUT2D eigenvalue weighted by Gasteiger charge is 2.44. The number of halogens is 1. The molecule has 13 heteroatoms. The van der Waals surface area contributed by atoms with Gasteiger partial charge in [0, 0.05) is 24.2 Å². The lowest BCUT2D eigenvalue weighted by atomic mass is 9.96. The van der Waals surface area contributed by atoms with Crippen LogP contribution in [0.25, 0.3) is 0 Å². The first-order valence-electron chi connectivity index (χ1n) is 13.6. The molecule has 2 aliphatic rings. The molecule has 41 heavy (non-hydrogen) atoms. The zero-order valence-electron chi connectivity index (χ0n) is 22.7. The van der Waals surface area contributed by atoms with Gasteiger partial charge in [0.25, 0.3) is 5.91 Å². The molecule has 0 saturated carbocycles. The number of para-hydroxylation sites is 1. The van der Waals surface area contributed by atoms with Crippen molar-refractivity contribution in [1.82, 2.24) is 36.3 Å². The average Bonchev–Trinajstić information content (AvgIpc) is 3.61. The molecule has 2 aliphatic heterocycles. The van der Waals surface area contributed by atoms with E-state index >= 15 is 0 Å². The number of aryl methyl sites for hydroxylation is 1. The maximum atomic E-state index is 14.0. The molecule has 0 unspecified atom stereocenters. The molecule has 5 rings (SSSR count). The number of pyridine rings is 1. The normalized spacial score (nSPS) is 19.1. The molecule has 4 N–H and O–H groups in total. The summed E-state index contributed by atoms with van der Waals surface area (Å²) >= 11 is 0. The van der Waals surface area contributed by atoms with Crippen LogP contribution in [0.3, 0.4) is 0 Å². The fourth-order valence-electron chi connectivity index (χ4n) is 5.31. The number of amides is 4. The number of aromatic amines is 1. The van der Waals surface area contributed by atoms with Crippen LogP contribution in [0.4, 0.5) is 10.1 Å². The Bertz CT molecular complexity index is 1460. The summed E-state index contributed by atoms with van der Waals surface area (Å²) in [5, 5.41) is 18.5. The van der Waals surface area contributed by atoms with Crippen LogP contribution in [0.1, 0.15) is 53.9 Å². The van der Waals surface area contributed by atoms with E-state index in [4.69, 9.17) is 0 Å². The summed E-state index contributed by atoms with van der Waals surface area (Å²) in [6, 6.07) is 5.39. The van der Waals surface area contributed by atoms with Gasteiger partial charge in [0.05, 0.1) is 18.4 Å². The Hall–Kier alpha value is -4.68. The van der Waals surface area contributed by atoms with E-state index in [9.17, 15) is 23.6 Å². The third-order valence-electron chi connectivity index (χ3n) is 7.71. The first kappa shape index (κ1) is 27.9. The summed E-state index contributed by atoms with van der Waals surface area (Å²) < 4.78 is 13.6. The van der Waals surface area contributed by atoms with Crippen molar-refractivity contribution in [2.75, 3.05) is 4.90 Å². The molecule has 0 bridgehead atoms. The van der Waals surface area contributed by atoms with Crippen molar-refractivity contribution in [1.29, 1.82) is 0 Å². The van der Waals surface area contributed by atoms with Crippen molar-refractivity contribution in [2.45, 2.75) is 64.2 Å². The van der Waals surface area contributed by atoms with Gasteiger partial charge in [-0.2, -0.15) is 19.8 Å². The van der Waals surface area contributed by atoms with Crippen LogP contribution >= 0.6 is 0 Å². The minimum Gasteiger partial charge on any atom is -0.348 e. The van der Waals surface area contributed by atoms with Crippen LogP contribution in [-0.2, 0) is 33.8 Å². The van der Waals surface area contributed by atoms with Crippen LogP contribution in [-0.4, -0.2) is 62.1 Å². The second-order valence-corrected chi connectivity index (χ2v) is 10.3. The van der Waals surface area contributed by atoms with E-state index in [1.807, 2.05) is 32.0 Å². The molecular formula is C28H31FN8O4. The molecule has 12 nitrogen and oxygen atoms in total. The fourth-order valence-corrected chi connectivity index (χ4v) is 5.31. The number of anilines is 1. The Morgan fingerprint density at radius 2 is 2.02 bits per heavy atom. The highest BCUT2D eigenvalue weighted by molar-refractivity contribution is 6.08. The summed E-state index contributed by atoms with van der Waals surface area (Å²) in [6.07, 6.45) is 4.42. The van der Waals surface area contributed by atoms with Gasteiger partial charge in [0.1, 0.15) is 23.8 Å². The highest BCUT2D eigenvalue weighted by atomic mass is 19.1. The number of benzene rings is 1. The fraction of sp³-hybridized carbons (Fsp3) is 0.393. The van der Waals surface area contributed by atoms with E-state index in [1.54, 1.807) is 0 Å². The lowest BCUT2D eigenvalue weighted by Gasteiger charge is -2.30. The van der Waals surface area contributed by atoms with E-state index in [0.717, 1.165) is 17.2 Å². The molecule has 4 atom stereocenters. The Morgan fingerprint density at radius 3 is 2.76 bits per heavy atom. The third kappa shape index (κ3) is 5.79. The smallest absolute Gasteiger partial charge is 0.252 e. The highest BCUT2D eigenvalue weighted by Crippen LogP contribution is 2.39. The van der Waals surface area contributed by atoms with Crippen LogP contribution in [0, 0.1) is 11.9 Å². The SMILES string of the molecule is CC[C@H](C)[C@H](NC(=O)c1ccnc(F)c1)C(=O)N[C@H]1CCc2cccc3c2N(C1=O)[C@H](C(=O)NCc1cn[nH]n1)C3. The van der Waals surface area contributed by atoms with Crippen molar-refractivity contribution in [3.63, 3.8) is 0 Å². The van der Waals surface area contributed by atoms with E-state index in [2.05, 4.69) is 36.3 Å². The summed E-state index contributed by atoms with van der Waals surface area (Å²) in [6.45, 7) is 3.84. The Kier molecular flexibility index (Phi) is 8.04. The third-order valence-corrected chi connectivity index (χ3v) is 7.71. The van der Waals surface area contributed by atoms with Crippen LogP contribution in [0.15, 0.2) is 42.7 Å². The van der Waals surface area contributed by atoms with Gasteiger partial charge in [-0.15, -0.1) is 0 Å². The molecule has 214 valence electrons. The molecule has 0 fully saturated rings. The van der Waals surface area contributed by atoms with E-state index in [0.29, 0.717) is 37.1 Å². The lowest BCUT2D eigenvalue weighted by Crippen LogP contribution is -2.58. The monoisotopic (exact) mass is 562 g/mol. The summed E-state index contributed by atoms with van der Waals surface area (Å²) in [4.78, 5) is 58.6. The minimum absolute atomic E-state index is 0.0312. The van der Waals surface area contributed by atoms with Crippen molar-refractivity contribution in [3.05, 3.63) is 71.1 Å². The predicted octanol–water partition coefficient (Wildman–Crippen LogP) is 1.19. The minimum atomic E-state index is -0.974. The van der Waals surface area contributed by atoms with E-state index in [-0.39, 0.29) is 23.9 Å². The van der Waals surface area contributed by atoms with Crippen molar-refractivity contribution >= 4 is 29.3 Å². The molecule has 0 aliphatic carbocycles. The molecule has 3 aromatic rings. The molecule has 0 radical (unpaired) electrons. The standard InChI is InChI=1S/C28H31FN8O4/c1-3-15(2)23(34-25(38)18-9-10-30-22(29)12-18)27(40)33-20-8-7-16-5-4-6-17-11-21(37(24(16)17)28(20)41)26(39)31-13-19-14-32-36-35-19/h4-6,9-10,12,14-15,20-21,23H,3,7-8,11,13H2,1-2H3,(H,31,39)(H,33,40)(H,34,38)(H,32,35,36)/t15-,20-,21-,23-/m0/s1. The number of nitrogens with one attached hydrogen (secondary N) is 4. The number of nitrogens with zero attached hydrogens (tertiary/aromatic N) is 4. The van der Waals surface area contributed by atoms with Crippen LogP contribution < -0.4 is 20.9 Å². The molecular weight excluding hydrogens is 531 g/mol. The Labute approximate surface area is 235 Å². The second-order valence-electron chi connectivity index (χ2n) is 10.3. The maximum Gasteiger partial charge on any atom is 0.252 e. The van der Waals surface area contributed by atoms with Gasteiger partial charge in [-0.25, -0.2) is 4.98 Å². The number of aromatic nitrogens is 4.